The molecule has 0 saturated carbocycles. The van der Waals surface area contributed by atoms with Crippen LogP contribution in [0, 0.1) is 23.7 Å². The molecule has 0 aliphatic rings. The van der Waals surface area contributed by atoms with Crippen molar-refractivity contribution in [1.29, 1.82) is 0 Å². The van der Waals surface area contributed by atoms with Crippen molar-refractivity contribution in [2.45, 2.75) is 6.92 Å². The predicted octanol–water partition coefficient (Wildman–Crippen LogP) is 1.99. The van der Waals surface area contributed by atoms with Crippen molar-refractivity contribution in [2.75, 3.05) is 13.4 Å². The molecule has 0 atom stereocenters. The molecular weight excluding hydrogens is 208 g/mol. The molecule has 0 aliphatic heterocycles. The predicted molar refractivity (Wildman–Crippen MR) is 64.0 cm³/mol. The van der Waals surface area contributed by atoms with Gasteiger partial charge in [-0.3, -0.25) is 0 Å². The SMILES string of the molecule is CC#CC#C/C=C(/C=C/C(=O)OC)SC. The molecule has 78 valence electrons. The quantitative estimate of drug-likeness (QED) is 0.315. The van der Waals surface area contributed by atoms with Crippen LogP contribution >= 0.6 is 11.8 Å². The van der Waals surface area contributed by atoms with Crippen molar-refractivity contribution in [3.05, 3.63) is 23.1 Å². The van der Waals surface area contributed by atoms with E-state index in [0.717, 1.165) is 4.91 Å². The molecule has 0 aromatic carbocycles. The summed E-state index contributed by atoms with van der Waals surface area (Å²) in [6, 6.07) is 0. The third-order valence-corrected chi connectivity index (χ3v) is 2.02. The number of hydrogen-bond donors (Lipinski definition) is 0. The zero-order valence-corrected chi connectivity index (χ0v) is 9.77. The summed E-state index contributed by atoms with van der Waals surface area (Å²) >= 11 is 1.50. The van der Waals surface area contributed by atoms with Gasteiger partial charge in [0, 0.05) is 17.1 Å². The average molecular weight is 220 g/mol. The van der Waals surface area contributed by atoms with Crippen LogP contribution in [-0.2, 0) is 9.53 Å². The number of rotatable bonds is 3. The fourth-order valence-electron chi connectivity index (χ4n) is 0.599. The van der Waals surface area contributed by atoms with E-state index in [0.29, 0.717) is 0 Å². The van der Waals surface area contributed by atoms with Crippen molar-refractivity contribution in [1.82, 2.24) is 0 Å². The number of thioether (sulfide) groups is 1. The molecule has 0 spiro atoms. The van der Waals surface area contributed by atoms with Crippen LogP contribution in [0.3, 0.4) is 0 Å². The summed E-state index contributed by atoms with van der Waals surface area (Å²) in [4.78, 5) is 11.7. The van der Waals surface area contributed by atoms with Crippen LogP contribution in [0.5, 0.6) is 0 Å². The summed E-state index contributed by atoms with van der Waals surface area (Å²) in [5.41, 5.74) is 0. The molecule has 0 radical (unpaired) electrons. The average Bonchev–Trinajstić information content (AvgIpc) is 2.27. The van der Waals surface area contributed by atoms with E-state index in [1.165, 1.54) is 24.9 Å². The van der Waals surface area contributed by atoms with Gasteiger partial charge in [-0.2, -0.15) is 0 Å². The fourth-order valence-corrected chi connectivity index (χ4v) is 0.980. The standard InChI is InChI=1S/C12H12O2S/c1-4-5-6-7-8-11(15-3)9-10-12(13)14-2/h8-10H,1-3H3/b10-9+,11-8-. The van der Waals surface area contributed by atoms with Crippen LogP contribution in [0.25, 0.3) is 0 Å². The Hall–Kier alpha value is -1.58. The number of carbonyl (C=O) groups is 1. The van der Waals surface area contributed by atoms with Crippen LogP contribution in [0.15, 0.2) is 23.1 Å². The maximum absolute atomic E-state index is 10.8. The van der Waals surface area contributed by atoms with Crippen molar-refractivity contribution in [3.8, 4) is 23.7 Å². The highest BCUT2D eigenvalue weighted by Crippen LogP contribution is 2.11. The number of ether oxygens (including phenoxy) is 1. The molecule has 0 N–H and O–H groups in total. The number of esters is 1. The largest absolute Gasteiger partial charge is 0.466 e. The van der Waals surface area contributed by atoms with Gasteiger partial charge in [0.1, 0.15) is 0 Å². The lowest BCUT2D eigenvalue weighted by Gasteiger charge is -1.92. The highest BCUT2D eigenvalue weighted by atomic mass is 32.2. The van der Waals surface area contributed by atoms with Gasteiger partial charge in [0.2, 0.25) is 0 Å². The normalized spacial score (nSPS) is 9.93. The summed E-state index contributed by atoms with van der Waals surface area (Å²) in [7, 11) is 1.34. The summed E-state index contributed by atoms with van der Waals surface area (Å²) < 4.78 is 4.47. The number of hydrogen-bond acceptors (Lipinski definition) is 3. The molecule has 0 fully saturated rings. The third kappa shape index (κ3) is 7.49. The van der Waals surface area contributed by atoms with E-state index in [9.17, 15) is 4.79 Å². The molecule has 0 saturated heterocycles. The zero-order chi connectivity index (χ0) is 11.5. The van der Waals surface area contributed by atoms with E-state index >= 15 is 0 Å². The Bertz CT molecular complexity index is 383. The molecule has 0 rings (SSSR count). The molecule has 2 nitrogen and oxygen atoms in total. The van der Waals surface area contributed by atoms with E-state index in [4.69, 9.17) is 0 Å². The number of allylic oxidation sites excluding steroid dienone is 2. The molecule has 0 aromatic heterocycles. The Morgan fingerprint density at radius 2 is 2.07 bits per heavy atom. The highest BCUT2D eigenvalue weighted by molar-refractivity contribution is 8.02. The first kappa shape index (κ1) is 13.4. The Balaban J connectivity index is 4.49. The van der Waals surface area contributed by atoms with Crippen molar-refractivity contribution in [2.24, 2.45) is 0 Å². The number of methoxy groups -OCH3 is 1. The summed E-state index contributed by atoms with van der Waals surface area (Å²) in [6.45, 7) is 1.73. The lowest BCUT2D eigenvalue weighted by molar-refractivity contribution is -0.134. The second kappa shape index (κ2) is 8.99. The molecular formula is C12H12O2S. The molecule has 3 heteroatoms. The maximum atomic E-state index is 10.8. The van der Waals surface area contributed by atoms with Crippen LogP contribution in [0.1, 0.15) is 6.92 Å². The second-order valence-electron chi connectivity index (χ2n) is 2.25. The monoisotopic (exact) mass is 220 g/mol. The van der Waals surface area contributed by atoms with E-state index in [1.807, 2.05) is 6.26 Å². The molecule has 0 bridgehead atoms. The highest BCUT2D eigenvalue weighted by Gasteiger charge is 1.92. The minimum absolute atomic E-state index is 0.378. The van der Waals surface area contributed by atoms with E-state index in [1.54, 1.807) is 19.1 Å². The second-order valence-corrected chi connectivity index (χ2v) is 3.13. The molecule has 0 unspecified atom stereocenters. The molecule has 0 aromatic rings. The van der Waals surface area contributed by atoms with Crippen LogP contribution in [0.2, 0.25) is 0 Å². The minimum Gasteiger partial charge on any atom is -0.466 e. The molecule has 0 amide bonds. The first-order valence-electron chi connectivity index (χ1n) is 4.17. The zero-order valence-electron chi connectivity index (χ0n) is 8.96. The first-order valence-corrected chi connectivity index (χ1v) is 5.39. The molecule has 0 heterocycles. The van der Waals surface area contributed by atoms with Gasteiger partial charge < -0.3 is 4.74 Å². The Morgan fingerprint density at radius 1 is 1.33 bits per heavy atom. The van der Waals surface area contributed by atoms with Crippen LogP contribution in [-0.4, -0.2) is 19.3 Å². The summed E-state index contributed by atoms with van der Waals surface area (Å²) in [5.74, 6) is 10.3. The first-order chi connectivity index (χ1) is 7.24. The van der Waals surface area contributed by atoms with Crippen molar-refractivity contribution in [3.63, 3.8) is 0 Å². The Morgan fingerprint density at radius 3 is 2.60 bits per heavy atom. The van der Waals surface area contributed by atoms with E-state index in [-0.39, 0.29) is 5.97 Å². The minimum atomic E-state index is -0.378. The van der Waals surface area contributed by atoms with Crippen LogP contribution < -0.4 is 0 Å². The molecule has 15 heavy (non-hydrogen) atoms. The molecule has 0 aliphatic carbocycles. The summed E-state index contributed by atoms with van der Waals surface area (Å²) in [5, 5.41) is 0. The van der Waals surface area contributed by atoms with Gasteiger partial charge in [0.15, 0.2) is 0 Å². The van der Waals surface area contributed by atoms with Gasteiger partial charge in [0.05, 0.1) is 7.11 Å². The lowest BCUT2D eigenvalue weighted by atomic mass is 10.4. The summed E-state index contributed by atoms with van der Waals surface area (Å²) in [6.07, 6.45) is 6.62. The third-order valence-electron chi connectivity index (χ3n) is 1.29. The fraction of sp³-hybridized carbons (Fsp3) is 0.250. The van der Waals surface area contributed by atoms with Crippen molar-refractivity contribution >= 4 is 17.7 Å². The van der Waals surface area contributed by atoms with Crippen molar-refractivity contribution < 1.29 is 9.53 Å². The van der Waals surface area contributed by atoms with Gasteiger partial charge in [0.25, 0.3) is 0 Å². The lowest BCUT2D eigenvalue weighted by Crippen LogP contribution is -1.93. The Labute approximate surface area is 94.8 Å². The Kier molecular flexibility index (Phi) is 8.05. The number of carbonyl (C=O) groups excluding carboxylic acids is 1. The van der Waals surface area contributed by atoms with Crippen LogP contribution in [0.4, 0.5) is 0 Å². The van der Waals surface area contributed by atoms with Gasteiger partial charge in [-0.15, -0.1) is 11.8 Å². The van der Waals surface area contributed by atoms with Gasteiger partial charge in [-0.05, 0) is 31.1 Å². The topological polar surface area (TPSA) is 26.3 Å². The smallest absolute Gasteiger partial charge is 0.330 e. The van der Waals surface area contributed by atoms with E-state index < -0.39 is 0 Å². The van der Waals surface area contributed by atoms with Gasteiger partial charge in [-0.1, -0.05) is 11.8 Å². The van der Waals surface area contributed by atoms with E-state index in [2.05, 4.69) is 28.4 Å². The maximum Gasteiger partial charge on any atom is 0.330 e. The van der Waals surface area contributed by atoms with Gasteiger partial charge in [-0.25, -0.2) is 4.79 Å². The van der Waals surface area contributed by atoms with Gasteiger partial charge >= 0.3 is 5.97 Å².